The number of benzene rings is 2. The maximum Gasteiger partial charge on any atom is 0.336 e. The van der Waals surface area contributed by atoms with E-state index >= 15 is 0 Å². The summed E-state index contributed by atoms with van der Waals surface area (Å²) in [6.07, 6.45) is 4.35. The van der Waals surface area contributed by atoms with Crippen molar-refractivity contribution in [3.05, 3.63) is 104 Å². The highest BCUT2D eigenvalue weighted by Gasteiger charge is 2.39. The molecule has 250 valence electrons. The fraction of sp³-hybridized carbons (Fsp3) is 0.412. The molecule has 46 heavy (non-hydrogen) atoms. The number of nitrogens with zero attached hydrogens (tertiary/aromatic N) is 3. The lowest BCUT2D eigenvalue weighted by Gasteiger charge is -2.38. The van der Waals surface area contributed by atoms with E-state index in [-0.39, 0.29) is 53.7 Å². The van der Waals surface area contributed by atoms with Crippen molar-refractivity contribution in [2.75, 3.05) is 53.0 Å². The summed E-state index contributed by atoms with van der Waals surface area (Å²) >= 11 is 0. The molecule has 0 saturated carbocycles. The minimum atomic E-state index is -0.886. The first kappa shape index (κ1) is 38.5. The van der Waals surface area contributed by atoms with Gasteiger partial charge in [-0.3, -0.25) is 15.0 Å². The number of nitrogens with one attached hydrogen (secondary N) is 1. The van der Waals surface area contributed by atoms with E-state index in [1.54, 1.807) is 26.0 Å². The van der Waals surface area contributed by atoms with Gasteiger partial charge in [-0.15, -0.1) is 24.8 Å². The number of esters is 2. The van der Waals surface area contributed by atoms with Gasteiger partial charge < -0.3 is 19.7 Å². The second-order valence-corrected chi connectivity index (χ2v) is 12.1. The number of hydrogen-bond donors (Lipinski definition) is 1. The van der Waals surface area contributed by atoms with Gasteiger partial charge in [0.1, 0.15) is 0 Å². The Labute approximate surface area is 283 Å². The van der Waals surface area contributed by atoms with Crippen LogP contribution in [-0.4, -0.2) is 79.6 Å². The summed E-state index contributed by atoms with van der Waals surface area (Å²) in [5.41, 5.74) is 2.63. The summed E-state index contributed by atoms with van der Waals surface area (Å²) in [4.78, 5) is 42.4. The van der Waals surface area contributed by atoms with Crippen molar-refractivity contribution in [2.45, 2.75) is 33.6 Å². The Balaban J connectivity index is 0.00000368. The number of rotatable bonds is 11. The molecule has 4 rings (SSSR count). The molecule has 1 saturated heterocycles. The van der Waals surface area contributed by atoms with Crippen molar-refractivity contribution >= 4 is 48.5 Å². The van der Waals surface area contributed by atoms with Gasteiger partial charge in [0.25, 0.3) is 5.69 Å². The van der Waals surface area contributed by atoms with Crippen molar-refractivity contribution in [3.8, 4) is 0 Å². The Bertz CT molecular complexity index is 1470. The largest absolute Gasteiger partial charge is 0.466 e. The normalized spacial score (nSPS) is 17.5. The van der Waals surface area contributed by atoms with Crippen molar-refractivity contribution in [2.24, 2.45) is 5.41 Å². The number of carbonyl (C=O) groups excluding carboxylic acids is 2. The number of methoxy groups -OCH3 is 1. The summed E-state index contributed by atoms with van der Waals surface area (Å²) < 4.78 is 11.0. The van der Waals surface area contributed by atoms with Crippen molar-refractivity contribution in [1.29, 1.82) is 0 Å². The molecule has 0 aliphatic carbocycles. The Morgan fingerprint density at radius 3 is 2.17 bits per heavy atom. The van der Waals surface area contributed by atoms with E-state index < -0.39 is 22.8 Å². The van der Waals surface area contributed by atoms with Crippen LogP contribution in [0.1, 0.15) is 44.7 Å². The molecule has 0 radical (unpaired) electrons. The van der Waals surface area contributed by atoms with Crippen LogP contribution in [0.3, 0.4) is 0 Å². The van der Waals surface area contributed by atoms with Gasteiger partial charge in [0.15, 0.2) is 0 Å². The van der Waals surface area contributed by atoms with Crippen molar-refractivity contribution in [1.82, 2.24) is 15.1 Å². The molecule has 1 atom stereocenters. The highest BCUT2D eigenvalue weighted by atomic mass is 35.5. The maximum atomic E-state index is 13.7. The predicted molar refractivity (Wildman–Crippen MR) is 184 cm³/mol. The topological polar surface area (TPSA) is 114 Å². The van der Waals surface area contributed by atoms with E-state index in [4.69, 9.17) is 9.47 Å². The molecule has 1 N–H and O–H groups in total. The quantitative estimate of drug-likeness (QED) is 0.181. The molecule has 1 fully saturated rings. The molecule has 0 aromatic heterocycles. The number of dihydropyridines is 1. The minimum absolute atomic E-state index is 0. The van der Waals surface area contributed by atoms with Crippen LogP contribution in [0.4, 0.5) is 5.69 Å². The second-order valence-electron chi connectivity index (χ2n) is 12.1. The smallest absolute Gasteiger partial charge is 0.336 e. The van der Waals surface area contributed by atoms with Gasteiger partial charge >= 0.3 is 11.9 Å². The number of nitro groups is 1. The minimum Gasteiger partial charge on any atom is -0.466 e. The standard InChI is InChI=1S/C34H42N4O6.2ClH/c1-24-29(32(39)43-5)31(27-14-9-15-28(21-27)38(41)42)30(25(2)35-24)33(40)44-23-34(3,4)22-37-19-17-36(18-20-37)16-10-13-26-11-7-6-8-12-26;;/h6-15,21,31,35H,16-20,22-23H2,1-5H3;2*1H. The molecule has 0 amide bonds. The van der Waals surface area contributed by atoms with E-state index in [9.17, 15) is 19.7 Å². The number of carbonyl (C=O) groups is 2. The van der Waals surface area contributed by atoms with Crippen LogP contribution in [0.2, 0.25) is 0 Å². The van der Waals surface area contributed by atoms with Crippen LogP contribution >= 0.6 is 24.8 Å². The first-order valence-electron chi connectivity index (χ1n) is 14.8. The average Bonchev–Trinajstić information content (AvgIpc) is 3.00. The van der Waals surface area contributed by atoms with E-state index in [2.05, 4.69) is 53.2 Å². The lowest BCUT2D eigenvalue weighted by atomic mass is 9.80. The van der Waals surface area contributed by atoms with Crippen molar-refractivity contribution in [3.63, 3.8) is 0 Å². The molecule has 2 aliphatic rings. The Kier molecular flexibility index (Phi) is 14.5. The number of halogens is 2. The lowest BCUT2D eigenvalue weighted by Crippen LogP contribution is -2.49. The zero-order chi connectivity index (χ0) is 31.9. The fourth-order valence-electron chi connectivity index (χ4n) is 5.82. The number of ether oxygens (including phenoxy) is 2. The Hall–Kier alpha value is -3.70. The third-order valence-corrected chi connectivity index (χ3v) is 7.98. The highest BCUT2D eigenvalue weighted by Crippen LogP contribution is 2.40. The Morgan fingerprint density at radius 2 is 1.57 bits per heavy atom. The first-order chi connectivity index (χ1) is 21.0. The first-order valence-corrected chi connectivity index (χ1v) is 14.8. The van der Waals surface area contributed by atoms with Crippen molar-refractivity contribution < 1.29 is 24.0 Å². The molecule has 2 heterocycles. The number of non-ortho nitro benzene ring substituents is 1. The van der Waals surface area contributed by atoms with Gasteiger partial charge in [0, 0.05) is 68.2 Å². The summed E-state index contributed by atoms with van der Waals surface area (Å²) in [6.45, 7) is 13.2. The monoisotopic (exact) mass is 674 g/mol. The summed E-state index contributed by atoms with van der Waals surface area (Å²) in [5.74, 6) is -2.09. The average molecular weight is 676 g/mol. The third-order valence-electron chi connectivity index (χ3n) is 7.98. The molecule has 2 aliphatic heterocycles. The van der Waals surface area contributed by atoms with Gasteiger partial charge in [0.2, 0.25) is 0 Å². The second kappa shape index (κ2) is 17.3. The molecular formula is C34H44Cl2N4O6. The Morgan fingerprint density at radius 1 is 0.957 bits per heavy atom. The van der Waals surface area contributed by atoms with Crippen LogP contribution in [0.5, 0.6) is 0 Å². The molecule has 0 spiro atoms. The van der Waals surface area contributed by atoms with E-state index in [0.29, 0.717) is 17.0 Å². The summed E-state index contributed by atoms with van der Waals surface area (Å²) in [6, 6.07) is 16.2. The highest BCUT2D eigenvalue weighted by molar-refractivity contribution is 5.99. The molecular weight excluding hydrogens is 631 g/mol. The predicted octanol–water partition coefficient (Wildman–Crippen LogP) is 5.75. The zero-order valence-electron chi connectivity index (χ0n) is 27.0. The molecule has 12 heteroatoms. The van der Waals surface area contributed by atoms with Crippen LogP contribution in [-0.2, 0) is 19.1 Å². The zero-order valence-corrected chi connectivity index (χ0v) is 28.6. The molecule has 2 aromatic carbocycles. The SMILES string of the molecule is COC(=O)C1=C(C)NC(C)=C(C(=O)OCC(C)(C)CN2CCN(CC=Cc3ccccc3)CC2)C1c1cccc([N+](=O)[O-])c1.Cl.Cl. The maximum absolute atomic E-state index is 13.7. The number of allylic oxidation sites excluding steroid dienone is 2. The van der Waals surface area contributed by atoms with Gasteiger partial charge in [-0.05, 0) is 25.0 Å². The fourth-order valence-corrected chi connectivity index (χ4v) is 5.82. The van der Waals surface area contributed by atoms with E-state index in [1.165, 1.54) is 24.8 Å². The van der Waals surface area contributed by atoms with Gasteiger partial charge in [-0.2, -0.15) is 0 Å². The summed E-state index contributed by atoms with van der Waals surface area (Å²) in [7, 11) is 1.26. The lowest BCUT2D eigenvalue weighted by molar-refractivity contribution is -0.384. The molecule has 0 bridgehead atoms. The van der Waals surface area contributed by atoms with Crippen LogP contribution in [0.15, 0.2) is 83.2 Å². The number of nitro benzene ring substituents is 1. The van der Waals surface area contributed by atoms with Gasteiger partial charge in [-0.25, -0.2) is 9.59 Å². The number of hydrogen-bond acceptors (Lipinski definition) is 9. The number of piperazine rings is 1. The van der Waals surface area contributed by atoms with Gasteiger partial charge in [-0.1, -0.05) is 68.5 Å². The molecule has 10 nitrogen and oxygen atoms in total. The van der Waals surface area contributed by atoms with E-state index in [0.717, 1.165) is 39.3 Å². The van der Waals surface area contributed by atoms with Crippen LogP contribution in [0, 0.1) is 15.5 Å². The summed E-state index contributed by atoms with van der Waals surface area (Å²) in [5, 5.41) is 14.6. The van der Waals surface area contributed by atoms with Crippen LogP contribution in [0.25, 0.3) is 6.08 Å². The van der Waals surface area contributed by atoms with E-state index in [1.807, 2.05) is 18.2 Å². The molecule has 1 unspecified atom stereocenters. The molecule has 2 aromatic rings. The third kappa shape index (κ3) is 9.90. The van der Waals surface area contributed by atoms with Gasteiger partial charge in [0.05, 0.1) is 35.7 Å². The van der Waals surface area contributed by atoms with Crippen LogP contribution < -0.4 is 5.32 Å².